The van der Waals surface area contributed by atoms with Crippen molar-refractivity contribution in [1.82, 2.24) is 9.13 Å². The lowest BCUT2D eigenvalue weighted by atomic mass is 10.1. The van der Waals surface area contributed by atoms with Crippen LogP contribution in [0.15, 0.2) is 86.0 Å². The molecule has 0 aliphatic carbocycles. The van der Waals surface area contributed by atoms with Crippen LogP contribution in [0.25, 0.3) is 11.4 Å². The third kappa shape index (κ3) is 7.44. The summed E-state index contributed by atoms with van der Waals surface area (Å²) in [6, 6.07) is 16.8. The Bertz CT molecular complexity index is 1100. The van der Waals surface area contributed by atoms with Gasteiger partial charge in [0.2, 0.25) is 12.7 Å². The van der Waals surface area contributed by atoms with Crippen molar-refractivity contribution in [2.75, 3.05) is 0 Å². The molecule has 0 saturated carbocycles. The average Bonchev–Trinajstić information content (AvgIpc) is 3.51. The molecular formula is C28H32Br2N4. The highest BCUT2D eigenvalue weighted by molar-refractivity contribution is 5.47. The van der Waals surface area contributed by atoms with E-state index in [0.717, 1.165) is 35.6 Å². The normalized spacial score (nSPS) is 10.1. The Hall–Kier alpha value is -2.62. The minimum Gasteiger partial charge on any atom is -1.00 e. The first-order valence-corrected chi connectivity index (χ1v) is 11.6. The number of imidazole rings is 2. The fourth-order valence-electron chi connectivity index (χ4n) is 3.62. The molecule has 4 rings (SSSR count). The lowest BCUT2D eigenvalue weighted by Crippen LogP contribution is -3.00. The summed E-state index contributed by atoms with van der Waals surface area (Å²) in [5.41, 5.74) is 4.34. The van der Waals surface area contributed by atoms with E-state index in [9.17, 15) is 0 Å². The maximum Gasteiger partial charge on any atom is 0.248 e. The standard InChI is InChI=1S/C28H32N4.2BrH/c1-3-5-17-29-19-21-31(23-29)27-13-9-25(10-14-27)7-8-26-11-15-28(16-12-26)32-22-20-30(24-32)18-6-4-2;;/h9-16,19-24H,3-6,17-18H2,1-2H3;2*1H/q+2;;/p-2. The molecule has 0 spiro atoms. The summed E-state index contributed by atoms with van der Waals surface area (Å²) in [5.74, 6) is 6.57. The van der Waals surface area contributed by atoms with Gasteiger partial charge in [0.1, 0.15) is 36.2 Å². The zero-order valence-electron chi connectivity index (χ0n) is 19.9. The van der Waals surface area contributed by atoms with Gasteiger partial charge in [-0.1, -0.05) is 38.5 Å². The van der Waals surface area contributed by atoms with Crippen LogP contribution in [-0.4, -0.2) is 9.13 Å². The Morgan fingerprint density at radius 1 is 0.618 bits per heavy atom. The van der Waals surface area contributed by atoms with Gasteiger partial charge in [-0.25, -0.2) is 18.3 Å². The van der Waals surface area contributed by atoms with Crippen LogP contribution in [0.2, 0.25) is 0 Å². The summed E-state index contributed by atoms with van der Waals surface area (Å²) in [5, 5.41) is 0. The maximum atomic E-state index is 3.28. The Kier molecular flexibility index (Phi) is 11.3. The van der Waals surface area contributed by atoms with Gasteiger partial charge in [0.15, 0.2) is 0 Å². The number of nitrogens with zero attached hydrogens (tertiary/aromatic N) is 4. The molecule has 4 nitrogen and oxygen atoms in total. The molecule has 0 bridgehead atoms. The number of aromatic nitrogens is 4. The highest BCUT2D eigenvalue weighted by Crippen LogP contribution is 2.10. The van der Waals surface area contributed by atoms with Crippen molar-refractivity contribution in [3.05, 3.63) is 97.1 Å². The zero-order chi connectivity index (χ0) is 22.2. The molecule has 2 aromatic carbocycles. The fraction of sp³-hybridized carbons (Fsp3) is 0.286. The Balaban J connectivity index is 0.00000204. The van der Waals surface area contributed by atoms with E-state index in [1.165, 1.54) is 25.7 Å². The molecule has 0 amide bonds. The highest BCUT2D eigenvalue weighted by Gasteiger charge is 2.07. The molecule has 6 heteroatoms. The van der Waals surface area contributed by atoms with Gasteiger partial charge in [-0.2, -0.15) is 0 Å². The number of aryl methyl sites for hydroxylation is 2. The molecule has 2 aromatic heterocycles. The first-order valence-electron chi connectivity index (χ1n) is 11.6. The topological polar surface area (TPSA) is 17.6 Å². The fourth-order valence-corrected chi connectivity index (χ4v) is 3.62. The number of hydrogen-bond donors (Lipinski definition) is 0. The third-order valence-corrected chi connectivity index (χ3v) is 5.60. The van der Waals surface area contributed by atoms with Crippen LogP contribution in [0.4, 0.5) is 0 Å². The predicted octanol–water partition coefficient (Wildman–Crippen LogP) is -1.15. The lowest BCUT2D eigenvalue weighted by molar-refractivity contribution is -0.696. The first kappa shape index (κ1) is 27.6. The van der Waals surface area contributed by atoms with E-state index in [2.05, 4.69) is 130 Å². The number of rotatable bonds is 8. The summed E-state index contributed by atoms with van der Waals surface area (Å²) >= 11 is 0. The van der Waals surface area contributed by atoms with E-state index in [0.29, 0.717) is 0 Å². The van der Waals surface area contributed by atoms with Crippen molar-refractivity contribution in [3.8, 4) is 23.2 Å². The third-order valence-electron chi connectivity index (χ3n) is 5.60. The predicted molar refractivity (Wildman–Crippen MR) is 128 cm³/mol. The molecule has 0 aliphatic rings. The molecule has 4 aromatic rings. The number of halogens is 2. The molecule has 0 unspecified atom stereocenters. The second kappa shape index (κ2) is 13.9. The molecule has 2 heterocycles. The van der Waals surface area contributed by atoms with Crippen LogP contribution in [0.5, 0.6) is 0 Å². The van der Waals surface area contributed by atoms with Gasteiger partial charge in [0.25, 0.3) is 0 Å². The molecule has 0 atom stereocenters. The van der Waals surface area contributed by atoms with E-state index in [-0.39, 0.29) is 34.0 Å². The Morgan fingerprint density at radius 3 is 1.35 bits per heavy atom. The number of hydrogen-bond acceptors (Lipinski definition) is 0. The molecule has 0 fully saturated rings. The van der Waals surface area contributed by atoms with Gasteiger partial charge in [-0.15, -0.1) is 0 Å². The lowest BCUT2D eigenvalue weighted by Gasteiger charge is -1.97. The monoisotopic (exact) mass is 582 g/mol. The van der Waals surface area contributed by atoms with E-state index in [1.54, 1.807) is 0 Å². The highest BCUT2D eigenvalue weighted by atomic mass is 79.9. The van der Waals surface area contributed by atoms with Crippen LogP contribution in [-0.2, 0) is 13.1 Å². The SMILES string of the molecule is CCCC[n+]1ccn(-c2ccc(C#Cc3ccc(-n4cc[n+](CCCC)c4)cc3)cc2)c1.[Br-].[Br-]. The van der Waals surface area contributed by atoms with Crippen molar-refractivity contribution in [3.63, 3.8) is 0 Å². The maximum absolute atomic E-state index is 3.28. The van der Waals surface area contributed by atoms with Crippen molar-refractivity contribution < 1.29 is 43.1 Å². The van der Waals surface area contributed by atoms with Crippen LogP contribution in [0.3, 0.4) is 0 Å². The first-order chi connectivity index (χ1) is 15.7. The van der Waals surface area contributed by atoms with Crippen molar-refractivity contribution in [1.29, 1.82) is 0 Å². The minimum atomic E-state index is 0. The van der Waals surface area contributed by atoms with Gasteiger partial charge in [0, 0.05) is 11.1 Å². The Morgan fingerprint density at radius 2 is 1.00 bits per heavy atom. The van der Waals surface area contributed by atoms with Gasteiger partial charge in [0.05, 0.1) is 13.1 Å². The summed E-state index contributed by atoms with van der Waals surface area (Å²) in [6.45, 7) is 6.57. The van der Waals surface area contributed by atoms with Gasteiger partial charge >= 0.3 is 0 Å². The van der Waals surface area contributed by atoms with Crippen LogP contribution in [0, 0.1) is 11.8 Å². The molecule has 0 aliphatic heterocycles. The number of benzene rings is 2. The quantitative estimate of drug-likeness (QED) is 0.184. The summed E-state index contributed by atoms with van der Waals surface area (Å²) in [7, 11) is 0. The largest absolute Gasteiger partial charge is 1.00 e. The molecule has 34 heavy (non-hydrogen) atoms. The van der Waals surface area contributed by atoms with Crippen LogP contribution >= 0.6 is 0 Å². The molecular weight excluding hydrogens is 552 g/mol. The van der Waals surface area contributed by atoms with Crippen molar-refractivity contribution >= 4 is 0 Å². The van der Waals surface area contributed by atoms with Gasteiger partial charge < -0.3 is 34.0 Å². The number of unbranched alkanes of at least 4 members (excludes halogenated alkanes) is 2. The second-order valence-corrected chi connectivity index (χ2v) is 8.17. The van der Waals surface area contributed by atoms with Crippen molar-refractivity contribution in [2.24, 2.45) is 0 Å². The summed E-state index contributed by atoms with van der Waals surface area (Å²) in [4.78, 5) is 0. The van der Waals surface area contributed by atoms with E-state index in [1.807, 2.05) is 0 Å². The van der Waals surface area contributed by atoms with Crippen molar-refractivity contribution in [2.45, 2.75) is 52.6 Å². The summed E-state index contributed by atoms with van der Waals surface area (Å²) < 4.78 is 8.77. The minimum absolute atomic E-state index is 0. The van der Waals surface area contributed by atoms with Crippen LogP contribution in [0.1, 0.15) is 50.7 Å². The summed E-state index contributed by atoms with van der Waals surface area (Å²) in [6.07, 6.45) is 17.6. The molecule has 0 N–H and O–H groups in total. The van der Waals surface area contributed by atoms with Gasteiger partial charge in [-0.05, 0) is 61.4 Å². The smallest absolute Gasteiger partial charge is 0.248 e. The molecule has 0 saturated heterocycles. The molecule has 178 valence electrons. The second-order valence-electron chi connectivity index (χ2n) is 8.17. The van der Waals surface area contributed by atoms with E-state index >= 15 is 0 Å². The average molecular weight is 584 g/mol. The van der Waals surface area contributed by atoms with E-state index < -0.39 is 0 Å². The van der Waals surface area contributed by atoms with E-state index in [4.69, 9.17) is 0 Å². The Labute approximate surface area is 224 Å². The van der Waals surface area contributed by atoms with Crippen LogP contribution < -0.4 is 43.1 Å². The zero-order valence-corrected chi connectivity index (χ0v) is 23.0. The van der Waals surface area contributed by atoms with Gasteiger partial charge in [-0.3, -0.25) is 0 Å². The molecule has 0 radical (unpaired) electrons.